The van der Waals surface area contributed by atoms with Crippen molar-refractivity contribution in [3.05, 3.63) is 5.28 Å². The molecule has 2 rings (SSSR count). The SMILES string of the molecule is CC(C)Oc1nc(Cl)nc(N2CCC(O)CC2)n1. The summed E-state index contributed by atoms with van der Waals surface area (Å²) < 4.78 is 5.42. The molecule has 1 aromatic rings. The first-order valence-corrected chi connectivity index (χ1v) is 6.43. The van der Waals surface area contributed by atoms with Crippen LogP contribution in [0.2, 0.25) is 5.28 Å². The lowest BCUT2D eigenvalue weighted by molar-refractivity contribution is 0.145. The minimum atomic E-state index is -0.232. The lowest BCUT2D eigenvalue weighted by Crippen LogP contribution is -2.37. The molecule has 1 fully saturated rings. The van der Waals surface area contributed by atoms with Gasteiger partial charge in [0.25, 0.3) is 0 Å². The lowest BCUT2D eigenvalue weighted by atomic mass is 10.1. The Balaban J connectivity index is 2.14. The van der Waals surface area contributed by atoms with E-state index in [0.29, 0.717) is 31.9 Å². The van der Waals surface area contributed by atoms with Gasteiger partial charge in [-0.25, -0.2) is 0 Å². The van der Waals surface area contributed by atoms with Gasteiger partial charge in [0.1, 0.15) is 0 Å². The van der Waals surface area contributed by atoms with Gasteiger partial charge in [0, 0.05) is 13.1 Å². The van der Waals surface area contributed by atoms with E-state index in [2.05, 4.69) is 15.0 Å². The summed E-state index contributed by atoms with van der Waals surface area (Å²) in [6.45, 7) is 5.22. The fourth-order valence-corrected chi connectivity index (χ4v) is 1.94. The molecule has 100 valence electrons. The molecular weight excluding hydrogens is 256 g/mol. The van der Waals surface area contributed by atoms with E-state index >= 15 is 0 Å². The maximum Gasteiger partial charge on any atom is 0.322 e. The van der Waals surface area contributed by atoms with Gasteiger partial charge < -0.3 is 14.7 Å². The fourth-order valence-electron chi connectivity index (χ4n) is 1.79. The van der Waals surface area contributed by atoms with Crippen molar-refractivity contribution in [1.82, 2.24) is 15.0 Å². The number of ether oxygens (including phenoxy) is 1. The average Bonchev–Trinajstić information content (AvgIpc) is 2.28. The number of hydrogen-bond acceptors (Lipinski definition) is 6. The smallest absolute Gasteiger partial charge is 0.322 e. The highest BCUT2D eigenvalue weighted by Crippen LogP contribution is 2.19. The molecule has 1 aromatic heterocycles. The summed E-state index contributed by atoms with van der Waals surface area (Å²) in [6, 6.07) is 0.242. The highest BCUT2D eigenvalue weighted by Gasteiger charge is 2.20. The second-order valence-corrected chi connectivity index (χ2v) is 4.91. The third kappa shape index (κ3) is 3.43. The summed E-state index contributed by atoms with van der Waals surface area (Å²) in [4.78, 5) is 14.2. The van der Waals surface area contributed by atoms with E-state index < -0.39 is 0 Å². The van der Waals surface area contributed by atoms with Crippen LogP contribution in [-0.4, -0.2) is 45.4 Å². The van der Waals surface area contributed by atoms with E-state index in [1.807, 2.05) is 18.7 Å². The third-order valence-electron chi connectivity index (χ3n) is 2.66. The van der Waals surface area contributed by atoms with Crippen LogP contribution in [0, 0.1) is 0 Å². The number of aromatic nitrogens is 3. The first kappa shape index (κ1) is 13.3. The van der Waals surface area contributed by atoms with Crippen LogP contribution in [-0.2, 0) is 0 Å². The molecule has 1 aliphatic rings. The normalized spacial score (nSPS) is 17.3. The number of anilines is 1. The van der Waals surface area contributed by atoms with Crippen molar-refractivity contribution in [1.29, 1.82) is 0 Å². The van der Waals surface area contributed by atoms with Crippen molar-refractivity contribution in [3.8, 4) is 6.01 Å². The van der Waals surface area contributed by atoms with Crippen molar-refractivity contribution in [3.63, 3.8) is 0 Å². The number of nitrogens with zero attached hydrogens (tertiary/aromatic N) is 4. The molecular formula is C11H17ClN4O2. The molecule has 0 saturated carbocycles. The molecule has 1 saturated heterocycles. The Morgan fingerprint density at radius 1 is 1.28 bits per heavy atom. The zero-order valence-corrected chi connectivity index (χ0v) is 11.3. The van der Waals surface area contributed by atoms with E-state index in [1.165, 1.54) is 0 Å². The molecule has 0 bridgehead atoms. The number of rotatable bonds is 3. The predicted molar refractivity (Wildman–Crippen MR) is 68.1 cm³/mol. The predicted octanol–water partition coefficient (Wildman–Crippen LogP) is 1.27. The number of hydrogen-bond donors (Lipinski definition) is 1. The molecule has 7 heteroatoms. The van der Waals surface area contributed by atoms with Gasteiger partial charge >= 0.3 is 6.01 Å². The molecule has 0 amide bonds. The van der Waals surface area contributed by atoms with Crippen LogP contribution in [0.5, 0.6) is 6.01 Å². The molecule has 0 atom stereocenters. The Bertz CT molecular complexity index is 408. The Kier molecular flexibility index (Phi) is 4.19. The maximum absolute atomic E-state index is 9.47. The Hall–Kier alpha value is -1.14. The van der Waals surface area contributed by atoms with E-state index in [4.69, 9.17) is 16.3 Å². The van der Waals surface area contributed by atoms with E-state index in [9.17, 15) is 5.11 Å². The molecule has 18 heavy (non-hydrogen) atoms. The van der Waals surface area contributed by atoms with Crippen LogP contribution in [0.15, 0.2) is 0 Å². The number of aliphatic hydroxyl groups is 1. The van der Waals surface area contributed by atoms with Crippen molar-refractivity contribution in [2.75, 3.05) is 18.0 Å². The Labute approximate surface area is 111 Å². The van der Waals surface area contributed by atoms with Crippen LogP contribution in [0.4, 0.5) is 5.95 Å². The largest absolute Gasteiger partial charge is 0.461 e. The molecule has 0 spiro atoms. The Morgan fingerprint density at radius 3 is 2.56 bits per heavy atom. The van der Waals surface area contributed by atoms with E-state index in [0.717, 1.165) is 0 Å². The first-order valence-electron chi connectivity index (χ1n) is 6.06. The van der Waals surface area contributed by atoms with Crippen LogP contribution in [0.25, 0.3) is 0 Å². The van der Waals surface area contributed by atoms with Gasteiger partial charge in [0.15, 0.2) is 0 Å². The molecule has 2 heterocycles. The highest BCUT2D eigenvalue weighted by atomic mass is 35.5. The van der Waals surface area contributed by atoms with Crippen LogP contribution < -0.4 is 9.64 Å². The second kappa shape index (κ2) is 5.67. The van der Waals surface area contributed by atoms with Crippen LogP contribution in [0.1, 0.15) is 26.7 Å². The second-order valence-electron chi connectivity index (χ2n) is 4.57. The minimum absolute atomic E-state index is 0.0144. The van der Waals surface area contributed by atoms with Crippen molar-refractivity contribution < 1.29 is 9.84 Å². The maximum atomic E-state index is 9.47. The number of piperidine rings is 1. The third-order valence-corrected chi connectivity index (χ3v) is 2.83. The molecule has 1 N–H and O–H groups in total. The van der Waals surface area contributed by atoms with Crippen molar-refractivity contribution >= 4 is 17.5 Å². The quantitative estimate of drug-likeness (QED) is 0.894. The van der Waals surface area contributed by atoms with Gasteiger partial charge in [-0.1, -0.05) is 0 Å². The first-order chi connectivity index (χ1) is 8.54. The fraction of sp³-hybridized carbons (Fsp3) is 0.727. The summed E-state index contributed by atoms with van der Waals surface area (Å²) in [5, 5.41) is 9.60. The van der Waals surface area contributed by atoms with Gasteiger partial charge in [-0.15, -0.1) is 0 Å². The van der Waals surface area contributed by atoms with Gasteiger partial charge in [0.2, 0.25) is 11.2 Å². The Morgan fingerprint density at radius 2 is 1.94 bits per heavy atom. The zero-order valence-electron chi connectivity index (χ0n) is 10.5. The summed E-state index contributed by atoms with van der Waals surface area (Å²) in [5.41, 5.74) is 0. The summed E-state index contributed by atoms with van der Waals surface area (Å²) in [7, 11) is 0. The molecule has 0 radical (unpaired) electrons. The zero-order chi connectivity index (χ0) is 13.1. The van der Waals surface area contributed by atoms with Crippen LogP contribution in [0.3, 0.4) is 0 Å². The molecule has 6 nitrogen and oxygen atoms in total. The van der Waals surface area contributed by atoms with Crippen molar-refractivity contribution in [2.24, 2.45) is 0 Å². The standard InChI is InChI=1S/C11H17ClN4O2/c1-7(2)18-11-14-9(12)13-10(15-11)16-5-3-8(17)4-6-16/h7-8,17H,3-6H2,1-2H3. The number of aliphatic hydroxyl groups excluding tert-OH is 1. The molecule has 0 aromatic carbocycles. The summed E-state index contributed by atoms with van der Waals surface area (Å²) in [6.07, 6.45) is 1.18. The minimum Gasteiger partial charge on any atom is -0.461 e. The van der Waals surface area contributed by atoms with Gasteiger partial charge in [-0.3, -0.25) is 0 Å². The topological polar surface area (TPSA) is 71.4 Å². The summed E-state index contributed by atoms with van der Waals surface area (Å²) in [5.74, 6) is 0.512. The van der Waals surface area contributed by atoms with E-state index in [1.54, 1.807) is 0 Å². The molecule has 0 unspecified atom stereocenters. The summed E-state index contributed by atoms with van der Waals surface area (Å²) >= 11 is 5.86. The van der Waals surface area contributed by atoms with Gasteiger partial charge in [-0.05, 0) is 38.3 Å². The van der Waals surface area contributed by atoms with Crippen molar-refractivity contribution in [2.45, 2.75) is 38.9 Å². The van der Waals surface area contributed by atoms with E-state index in [-0.39, 0.29) is 23.5 Å². The number of halogens is 1. The molecule has 0 aliphatic carbocycles. The average molecular weight is 273 g/mol. The van der Waals surface area contributed by atoms with Gasteiger partial charge in [0.05, 0.1) is 12.2 Å². The highest BCUT2D eigenvalue weighted by molar-refractivity contribution is 6.28. The van der Waals surface area contributed by atoms with Crippen LogP contribution >= 0.6 is 11.6 Å². The molecule has 1 aliphatic heterocycles. The lowest BCUT2D eigenvalue weighted by Gasteiger charge is -2.29. The van der Waals surface area contributed by atoms with Gasteiger partial charge in [-0.2, -0.15) is 15.0 Å². The monoisotopic (exact) mass is 272 g/mol.